The average Bonchev–Trinajstić information content (AvgIpc) is 2.69. The number of amides is 1. The van der Waals surface area contributed by atoms with Crippen LogP contribution in [0.5, 0.6) is 0 Å². The fourth-order valence-electron chi connectivity index (χ4n) is 2.97. The maximum Gasteiger partial charge on any atom is 0.256 e. The number of morpholine rings is 1. The van der Waals surface area contributed by atoms with Gasteiger partial charge in [0, 0.05) is 31.7 Å². The van der Waals surface area contributed by atoms with Crippen LogP contribution in [0.1, 0.15) is 36.7 Å². The number of benzene rings is 1. The van der Waals surface area contributed by atoms with Crippen LogP contribution >= 0.6 is 0 Å². The first-order valence-corrected chi connectivity index (χ1v) is 9.71. The number of nitrogens with zero attached hydrogens (tertiary/aromatic N) is 3. The van der Waals surface area contributed by atoms with E-state index in [0.717, 1.165) is 39.4 Å². The molecule has 1 aromatic heterocycles. The topological polar surface area (TPSA) is 79.4 Å². The van der Waals surface area contributed by atoms with Crippen molar-refractivity contribution in [3.05, 3.63) is 47.5 Å². The molecule has 1 aliphatic heterocycles. The van der Waals surface area contributed by atoms with Crippen LogP contribution in [0.25, 0.3) is 0 Å². The summed E-state index contributed by atoms with van der Waals surface area (Å²) in [6, 6.07) is 11.2. The minimum Gasteiger partial charge on any atom is -0.379 e. The lowest BCUT2D eigenvalue weighted by molar-refractivity contribution is 0.0398. The van der Waals surface area contributed by atoms with Crippen LogP contribution in [0.3, 0.4) is 0 Å². The molecular formula is C21H29N5O2. The molecule has 0 saturated carbocycles. The third-order valence-corrected chi connectivity index (χ3v) is 4.76. The molecule has 1 saturated heterocycles. The summed E-state index contributed by atoms with van der Waals surface area (Å²) in [4.78, 5) is 14.7. The largest absolute Gasteiger partial charge is 0.379 e. The summed E-state index contributed by atoms with van der Waals surface area (Å²) in [6.07, 6.45) is 0. The van der Waals surface area contributed by atoms with Gasteiger partial charge in [-0.3, -0.25) is 9.69 Å². The number of rotatable bonds is 6. The van der Waals surface area contributed by atoms with Crippen LogP contribution in [0.15, 0.2) is 36.4 Å². The molecule has 0 radical (unpaired) electrons. The van der Waals surface area contributed by atoms with Crippen molar-refractivity contribution < 1.29 is 9.53 Å². The Morgan fingerprint density at radius 3 is 2.29 bits per heavy atom. The molecule has 2 N–H and O–H groups in total. The maximum absolute atomic E-state index is 12.4. The third-order valence-electron chi connectivity index (χ3n) is 4.76. The summed E-state index contributed by atoms with van der Waals surface area (Å²) in [5, 5.41) is 14.3. The van der Waals surface area contributed by atoms with E-state index in [1.54, 1.807) is 6.07 Å². The number of hydrogen-bond donors (Lipinski definition) is 2. The molecule has 1 aromatic carbocycles. The molecule has 0 aliphatic carbocycles. The minimum atomic E-state index is -0.192. The highest BCUT2D eigenvalue weighted by Gasteiger charge is 2.15. The zero-order chi connectivity index (χ0) is 20.0. The van der Waals surface area contributed by atoms with Crippen LogP contribution in [0.4, 0.5) is 11.6 Å². The van der Waals surface area contributed by atoms with Crippen LogP contribution in [-0.2, 0) is 10.2 Å². The van der Waals surface area contributed by atoms with E-state index < -0.39 is 0 Å². The average molecular weight is 383 g/mol. The molecule has 28 heavy (non-hydrogen) atoms. The summed E-state index contributed by atoms with van der Waals surface area (Å²) in [5.41, 5.74) is 1.85. The Morgan fingerprint density at radius 2 is 1.68 bits per heavy atom. The molecule has 3 rings (SSSR count). The van der Waals surface area contributed by atoms with Crippen molar-refractivity contribution in [1.29, 1.82) is 0 Å². The lowest BCUT2D eigenvalue weighted by Gasteiger charge is -2.26. The maximum atomic E-state index is 12.4. The second-order valence-corrected chi connectivity index (χ2v) is 7.97. The Labute approximate surface area is 166 Å². The number of aromatic nitrogens is 2. The fourth-order valence-corrected chi connectivity index (χ4v) is 2.97. The van der Waals surface area contributed by atoms with Crippen molar-refractivity contribution in [2.45, 2.75) is 26.2 Å². The molecular weight excluding hydrogens is 354 g/mol. The monoisotopic (exact) mass is 383 g/mol. The van der Waals surface area contributed by atoms with E-state index in [4.69, 9.17) is 4.74 Å². The van der Waals surface area contributed by atoms with E-state index in [1.807, 2.05) is 30.3 Å². The number of carbonyl (C=O) groups is 1. The summed E-state index contributed by atoms with van der Waals surface area (Å²) in [5.74, 6) is 0.937. The van der Waals surface area contributed by atoms with Gasteiger partial charge in [0.05, 0.1) is 13.2 Å². The van der Waals surface area contributed by atoms with Crippen molar-refractivity contribution in [1.82, 2.24) is 15.1 Å². The first-order chi connectivity index (χ1) is 13.4. The molecule has 1 amide bonds. The second-order valence-electron chi connectivity index (χ2n) is 7.97. The third kappa shape index (κ3) is 5.74. The van der Waals surface area contributed by atoms with E-state index >= 15 is 0 Å². The summed E-state index contributed by atoms with van der Waals surface area (Å²) >= 11 is 0. The van der Waals surface area contributed by atoms with Gasteiger partial charge in [-0.1, -0.05) is 32.9 Å². The molecule has 1 fully saturated rings. The van der Waals surface area contributed by atoms with Gasteiger partial charge in [-0.05, 0) is 35.2 Å². The smallest absolute Gasteiger partial charge is 0.256 e. The number of anilines is 2. The SMILES string of the molecule is CC(C)(C)c1ccc(C(=O)Nc2ccc(NCCN3CCOCC3)nn2)cc1. The van der Waals surface area contributed by atoms with E-state index in [2.05, 4.69) is 46.5 Å². The molecule has 0 bridgehead atoms. The molecule has 150 valence electrons. The van der Waals surface area contributed by atoms with E-state index in [0.29, 0.717) is 17.2 Å². The van der Waals surface area contributed by atoms with Gasteiger partial charge in [-0.2, -0.15) is 0 Å². The van der Waals surface area contributed by atoms with Crippen molar-refractivity contribution in [3.8, 4) is 0 Å². The summed E-state index contributed by atoms with van der Waals surface area (Å²) in [7, 11) is 0. The summed E-state index contributed by atoms with van der Waals surface area (Å²) in [6.45, 7) is 11.7. The van der Waals surface area contributed by atoms with Crippen molar-refractivity contribution >= 4 is 17.5 Å². The Morgan fingerprint density at radius 1 is 1.04 bits per heavy atom. The zero-order valence-corrected chi connectivity index (χ0v) is 16.9. The van der Waals surface area contributed by atoms with Crippen molar-refractivity contribution in [3.63, 3.8) is 0 Å². The van der Waals surface area contributed by atoms with Gasteiger partial charge >= 0.3 is 0 Å². The van der Waals surface area contributed by atoms with Gasteiger partial charge in [0.2, 0.25) is 0 Å². The Bertz CT molecular complexity index is 763. The highest BCUT2D eigenvalue weighted by atomic mass is 16.5. The minimum absolute atomic E-state index is 0.0606. The predicted molar refractivity (Wildman–Crippen MR) is 111 cm³/mol. The molecule has 0 atom stereocenters. The lowest BCUT2D eigenvalue weighted by atomic mass is 9.87. The van der Waals surface area contributed by atoms with Crippen LogP contribution < -0.4 is 10.6 Å². The van der Waals surface area contributed by atoms with Gasteiger partial charge in [0.25, 0.3) is 5.91 Å². The van der Waals surface area contributed by atoms with Gasteiger partial charge < -0.3 is 15.4 Å². The fraction of sp³-hybridized carbons (Fsp3) is 0.476. The lowest BCUT2D eigenvalue weighted by Crippen LogP contribution is -2.39. The molecule has 0 spiro atoms. The van der Waals surface area contributed by atoms with Gasteiger partial charge in [0.1, 0.15) is 5.82 Å². The predicted octanol–water partition coefficient (Wildman–Crippen LogP) is 2.77. The van der Waals surface area contributed by atoms with E-state index in [9.17, 15) is 4.79 Å². The Kier molecular flexibility index (Phi) is 6.59. The summed E-state index contributed by atoms with van der Waals surface area (Å²) < 4.78 is 5.34. The number of ether oxygens (including phenoxy) is 1. The van der Waals surface area contributed by atoms with Crippen molar-refractivity contribution in [2.75, 3.05) is 50.0 Å². The molecule has 7 nitrogen and oxygen atoms in total. The van der Waals surface area contributed by atoms with Crippen LogP contribution in [-0.4, -0.2) is 60.4 Å². The first-order valence-electron chi connectivity index (χ1n) is 9.71. The normalized spacial score (nSPS) is 15.2. The Hall–Kier alpha value is -2.51. The van der Waals surface area contributed by atoms with Gasteiger partial charge in [-0.15, -0.1) is 10.2 Å². The number of hydrogen-bond acceptors (Lipinski definition) is 6. The quantitative estimate of drug-likeness (QED) is 0.799. The molecule has 1 aliphatic rings. The highest BCUT2D eigenvalue weighted by molar-refractivity contribution is 6.03. The standard InChI is InChI=1S/C21H29N5O2/c1-21(2,3)17-6-4-16(5-7-17)20(27)23-19-9-8-18(24-25-19)22-10-11-26-12-14-28-15-13-26/h4-9H,10-15H2,1-3H3,(H,22,24)(H,23,25,27). The van der Waals surface area contributed by atoms with Gasteiger partial charge in [-0.25, -0.2) is 0 Å². The molecule has 7 heteroatoms. The van der Waals surface area contributed by atoms with Crippen molar-refractivity contribution in [2.24, 2.45) is 0 Å². The van der Waals surface area contributed by atoms with E-state index in [1.165, 1.54) is 5.56 Å². The number of nitrogens with one attached hydrogen (secondary N) is 2. The first kappa shape index (κ1) is 20.2. The van der Waals surface area contributed by atoms with Gasteiger partial charge in [0.15, 0.2) is 5.82 Å². The molecule has 2 heterocycles. The highest BCUT2D eigenvalue weighted by Crippen LogP contribution is 2.22. The van der Waals surface area contributed by atoms with E-state index in [-0.39, 0.29) is 11.3 Å². The second kappa shape index (κ2) is 9.12. The van der Waals surface area contributed by atoms with Crippen LogP contribution in [0, 0.1) is 0 Å². The zero-order valence-electron chi connectivity index (χ0n) is 16.9. The number of carbonyl (C=O) groups excluding carboxylic acids is 1. The van der Waals surface area contributed by atoms with Crippen LogP contribution in [0.2, 0.25) is 0 Å². The molecule has 2 aromatic rings. The molecule has 0 unspecified atom stereocenters. The Balaban J connectivity index is 1.48.